The highest BCUT2D eigenvalue weighted by atomic mass is 16.2. The molecule has 2 N–H and O–H groups in total. The van der Waals surface area contributed by atoms with Crippen molar-refractivity contribution >= 4 is 29.3 Å². The van der Waals surface area contributed by atoms with E-state index >= 15 is 0 Å². The molecule has 1 aromatic carbocycles. The molecule has 3 aliphatic heterocycles. The third kappa shape index (κ3) is 2.49. The number of carbonyl (C=O) groups is 4. The summed E-state index contributed by atoms with van der Waals surface area (Å²) in [7, 11) is 0. The molecule has 0 radical (unpaired) electrons. The first-order valence-electron chi connectivity index (χ1n) is 11.5. The lowest BCUT2D eigenvalue weighted by molar-refractivity contribution is -0.136. The van der Waals surface area contributed by atoms with E-state index in [4.69, 9.17) is 11.0 Å². The van der Waals surface area contributed by atoms with Crippen molar-refractivity contribution in [3.05, 3.63) is 29.3 Å². The van der Waals surface area contributed by atoms with Crippen LogP contribution in [0.4, 0.5) is 5.69 Å². The van der Waals surface area contributed by atoms with Gasteiger partial charge in [0.05, 0.1) is 22.3 Å². The molecule has 2 fully saturated rings. The standard InChI is InChI=1S/C17H18N4O4/c22-13-5-4-12(15(23)19-13)21-16(24)10-2-1-3-11(14(10)17(21)25)20-8-6-18-7-9-20/h1-3,12,18H,4-9H2,(H,19,22,23)/i6D2,7D2,8D2,9D2. The van der Waals surface area contributed by atoms with Gasteiger partial charge in [-0.15, -0.1) is 0 Å². The maximum absolute atomic E-state index is 13.3. The number of rotatable bonds is 2. The monoisotopic (exact) mass is 350 g/mol. The molecule has 4 rings (SSSR count). The smallest absolute Gasteiger partial charge is 0.264 e. The Morgan fingerprint density at radius 1 is 1.08 bits per heavy atom. The van der Waals surface area contributed by atoms with Gasteiger partial charge in [-0.3, -0.25) is 29.4 Å². The Labute approximate surface area is 155 Å². The fourth-order valence-electron chi connectivity index (χ4n) is 3.03. The van der Waals surface area contributed by atoms with Crippen LogP contribution in [0.5, 0.6) is 0 Å². The molecule has 25 heavy (non-hydrogen) atoms. The van der Waals surface area contributed by atoms with E-state index in [2.05, 4.69) is 0 Å². The summed E-state index contributed by atoms with van der Waals surface area (Å²) in [5.41, 5.74) is -1.33. The number of fused-ring (bicyclic) bond motifs is 1. The normalized spacial score (nSPS) is 36.6. The van der Waals surface area contributed by atoms with Crippen molar-refractivity contribution in [3.63, 3.8) is 0 Å². The fraction of sp³-hybridized carbons (Fsp3) is 0.412. The molecule has 2 saturated heterocycles. The van der Waals surface area contributed by atoms with Crippen LogP contribution < -0.4 is 15.5 Å². The van der Waals surface area contributed by atoms with Crippen LogP contribution >= 0.6 is 0 Å². The van der Waals surface area contributed by atoms with Gasteiger partial charge in [0, 0.05) is 37.9 Å². The minimum Gasteiger partial charge on any atom is -0.368 e. The first kappa shape index (κ1) is 9.10. The average Bonchev–Trinajstić information content (AvgIpc) is 2.91. The molecular formula is C17H18N4O4. The number of hydrogen-bond donors (Lipinski definition) is 2. The lowest BCUT2D eigenvalue weighted by Gasteiger charge is -2.31. The predicted molar refractivity (Wildman–Crippen MR) is 88.2 cm³/mol. The summed E-state index contributed by atoms with van der Waals surface area (Å²) in [6, 6.07) is 2.18. The number of nitrogens with zero attached hydrogens (tertiary/aromatic N) is 2. The molecule has 1 unspecified atom stereocenters. The summed E-state index contributed by atoms with van der Waals surface area (Å²) in [5.74, 6) is -3.43. The number of amides is 4. The van der Waals surface area contributed by atoms with Crippen LogP contribution in [-0.4, -0.2) is 60.6 Å². The van der Waals surface area contributed by atoms with Crippen LogP contribution in [0.3, 0.4) is 0 Å². The third-order valence-electron chi connectivity index (χ3n) is 4.15. The zero-order valence-electron chi connectivity index (χ0n) is 20.8. The minimum absolute atomic E-state index is 0.125. The van der Waals surface area contributed by atoms with E-state index in [-0.39, 0.29) is 23.3 Å². The second-order valence-electron chi connectivity index (χ2n) is 5.58. The summed E-state index contributed by atoms with van der Waals surface area (Å²) in [5, 5.41) is 3.74. The van der Waals surface area contributed by atoms with Crippen LogP contribution in [0.2, 0.25) is 0 Å². The number of nitrogens with one attached hydrogen (secondary N) is 2. The molecule has 8 heteroatoms. The van der Waals surface area contributed by atoms with Gasteiger partial charge in [-0.2, -0.15) is 0 Å². The second-order valence-corrected chi connectivity index (χ2v) is 5.58. The van der Waals surface area contributed by atoms with E-state index in [1.165, 1.54) is 12.1 Å². The van der Waals surface area contributed by atoms with E-state index in [9.17, 15) is 19.2 Å². The molecule has 8 nitrogen and oxygen atoms in total. The maximum atomic E-state index is 13.3. The zero-order valence-corrected chi connectivity index (χ0v) is 12.8. The molecule has 0 spiro atoms. The average molecular weight is 350 g/mol. The maximum Gasteiger partial charge on any atom is 0.264 e. The number of piperazine rings is 1. The van der Waals surface area contributed by atoms with Crippen molar-refractivity contribution in [2.24, 2.45) is 0 Å². The van der Waals surface area contributed by atoms with Gasteiger partial charge in [-0.1, -0.05) is 6.07 Å². The highest BCUT2D eigenvalue weighted by Gasteiger charge is 2.46. The first-order valence-corrected chi connectivity index (χ1v) is 7.49. The van der Waals surface area contributed by atoms with Gasteiger partial charge in [0.25, 0.3) is 11.8 Å². The van der Waals surface area contributed by atoms with Gasteiger partial charge in [-0.25, -0.2) is 0 Å². The summed E-state index contributed by atoms with van der Waals surface area (Å²) in [6.45, 7) is -12.7. The number of benzene rings is 1. The molecule has 1 aromatic rings. The van der Waals surface area contributed by atoms with Crippen molar-refractivity contribution in [1.29, 1.82) is 0 Å². The van der Waals surface area contributed by atoms with Crippen LogP contribution in [0.1, 0.15) is 44.5 Å². The number of imide groups is 2. The third-order valence-corrected chi connectivity index (χ3v) is 4.15. The van der Waals surface area contributed by atoms with Crippen molar-refractivity contribution in [2.75, 3.05) is 30.9 Å². The van der Waals surface area contributed by atoms with Crippen LogP contribution in [-0.2, 0) is 9.59 Å². The van der Waals surface area contributed by atoms with E-state index < -0.39 is 66.9 Å². The molecule has 0 bridgehead atoms. The molecule has 3 aliphatic rings. The van der Waals surface area contributed by atoms with Crippen LogP contribution in [0.15, 0.2) is 18.2 Å². The summed E-state index contributed by atoms with van der Waals surface area (Å²) in [6.07, 6.45) is -0.258. The van der Waals surface area contributed by atoms with Crippen molar-refractivity contribution < 1.29 is 30.1 Å². The molecule has 130 valence electrons. The molecule has 0 aromatic heterocycles. The Morgan fingerprint density at radius 2 is 1.84 bits per heavy atom. The Hall–Kier alpha value is -2.74. The van der Waals surface area contributed by atoms with Crippen molar-refractivity contribution in [2.45, 2.75) is 18.9 Å². The number of carbonyl (C=O) groups excluding carboxylic acids is 4. The molecule has 4 amide bonds. The molecule has 1 atom stereocenters. The molecule has 0 saturated carbocycles. The Morgan fingerprint density at radius 3 is 2.56 bits per heavy atom. The minimum atomic E-state index is -3.22. The first-order chi connectivity index (χ1) is 15.0. The van der Waals surface area contributed by atoms with Gasteiger partial charge >= 0.3 is 0 Å². The Bertz CT molecular complexity index is 1080. The van der Waals surface area contributed by atoms with Crippen molar-refractivity contribution in [1.82, 2.24) is 15.5 Å². The topological polar surface area (TPSA) is 98.8 Å². The van der Waals surface area contributed by atoms with Gasteiger partial charge in [-0.05, 0) is 18.6 Å². The lowest BCUT2D eigenvalue weighted by Crippen LogP contribution is -2.54. The zero-order chi connectivity index (χ0) is 24.7. The summed E-state index contributed by atoms with van der Waals surface area (Å²) >= 11 is 0. The quantitative estimate of drug-likeness (QED) is 0.698. The highest BCUT2D eigenvalue weighted by molar-refractivity contribution is 6.25. The van der Waals surface area contributed by atoms with E-state index in [1.807, 2.05) is 5.32 Å². The highest BCUT2D eigenvalue weighted by Crippen LogP contribution is 2.34. The fourth-order valence-corrected chi connectivity index (χ4v) is 3.03. The van der Waals surface area contributed by atoms with Crippen molar-refractivity contribution in [3.8, 4) is 0 Å². The van der Waals surface area contributed by atoms with Gasteiger partial charge in [0.2, 0.25) is 11.8 Å². The second kappa shape index (κ2) is 5.96. The van der Waals surface area contributed by atoms with Gasteiger partial charge < -0.3 is 10.2 Å². The lowest BCUT2D eigenvalue weighted by atomic mass is 10.0. The SMILES string of the molecule is [2H]C1([2H])NC([2H])([2H])C([2H])([2H])N(c2cccc3c2C(=O)N(C2CCC(=O)NC2=O)C3=O)C1([2H])[2H]. The Kier molecular flexibility index (Phi) is 2.17. The van der Waals surface area contributed by atoms with E-state index in [0.29, 0.717) is 4.90 Å². The molecular weight excluding hydrogens is 324 g/mol. The van der Waals surface area contributed by atoms with Gasteiger partial charge in [0.1, 0.15) is 6.04 Å². The molecule has 0 aliphatic carbocycles. The Balaban J connectivity index is 1.87. The van der Waals surface area contributed by atoms with Crippen LogP contribution in [0, 0.1) is 0 Å². The molecule has 3 heterocycles. The number of hydrogen-bond acceptors (Lipinski definition) is 6. The van der Waals surface area contributed by atoms with Crippen LogP contribution in [0.25, 0.3) is 0 Å². The summed E-state index contributed by atoms with van der Waals surface area (Å²) < 4.78 is 64.9. The summed E-state index contributed by atoms with van der Waals surface area (Å²) in [4.78, 5) is 50.8. The number of piperidine rings is 1. The number of anilines is 1. The van der Waals surface area contributed by atoms with Gasteiger partial charge in [0.15, 0.2) is 0 Å². The largest absolute Gasteiger partial charge is 0.368 e. The predicted octanol–water partition coefficient (Wildman–Crippen LogP) is -0.503. The van der Waals surface area contributed by atoms with E-state index in [0.717, 1.165) is 6.07 Å². The van der Waals surface area contributed by atoms with E-state index in [1.54, 1.807) is 5.32 Å².